The van der Waals surface area contributed by atoms with Crippen LogP contribution in [0.3, 0.4) is 0 Å². The van der Waals surface area contributed by atoms with Gasteiger partial charge in [-0.3, -0.25) is 14.2 Å². The molecule has 0 saturated heterocycles. The molecule has 0 saturated carbocycles. The SMILES string of the molecule is Cc1cc(=O)n(CC(=O)Nc2ccc(Nc3nc(C)cc(N(C)C)n3)cc2)cn1. The lowest BCUT2D eigenvalue weighted by Gasteiger charge is -2.14. The van der Waals surface area contributed by atoms with E-state index in [1.165, 1.54) is 17.0 Å². The fraction of sp³-hybridized carbons (Fsp3) is 0.250. The number of aromatic nitrogens is 4. The molecule has 0 aliphatic heterocycles. The van der Waals surface area contributed by atoms with Crippen LogP contribution < -0.4 is 21.1 Å². The first-order valence-electron chi connectivity index (χ1n) is 9.03. The van der Waals surface area contributed by atoms with Crippen molar-refractivity contribution in [2.45, 2.75) is 20.4 Å². The second kappa shape index (κ2) is 8.51. The molecule has 0 bridgehead atoms. The predicted molar refractivity (Wildman–Crippen MR) is 113 cm³/mol. The van der Waals surface area contributed by atoms with Gasteiger partial charge in [0.25, 0.3) is 5.56 Å². The third-order valence-electron chi connectivity index (χ3n) is 4.05. The van der Waals surface area contributed by atoms with Crippen molar-refractivity contribution in [2.24, 2.45) is 0 Å². The number of benzene rings is 1. The lowest BCUT2D eigenvalue weighted by molar-refractivity contribution is -0.116. The van der Waals surface area contributed by atoms with Gasteiger partial charge in [0.2, 0.25) is 11.9 Å². The molecule has 2 N–H and O–H groups in total. The van der Waals surface area contributed by atoms with Crippen LogP contribution in [0, 0.1) is 13.8 Å². The molecular formula is C20H23N7O2. The summed E-state index contributed by atoms with van der Waals surface area (Å²) in [5.41, 5.74) is 2.62. The van der Waals surface area contributed by atoms with E-state index in [1.807, 2.05) is 44.1 Å². The summed E-state index contributed by atoms with van der Waals surface area (Å²) in [5.74, 6) is 0.998. The highest BCUT2D eigenvalue weighted by Gasteiger charge is 2.07. The molecule has 2 aromatic heterocycles. The number of nitrogens with one attached hydrogen (secondary N) is 2. The Morgan fingerprint density at radius 2 is 1.72 bits per heavy atom. The summed E-state index contributed by atoms with van der Waals surface area (Å²) in [6.45, 7) is 3.54. The lowest BCUT2D eigenvalue weighted by atomic mass is 10.2. The number of nitrogens with zero attached hydrogens (tertiary/aromatic N) is 5. The number of rotatable bonds is 6. The Kier molecular flexibility index (Phi) is 5.87. The molecule has 0 unspecified atom stereocenters. The fourth-order valence-electron chi connectivity index (χ4n) is 2.59. The molecule has 0 aliphatic rings. The highest BCUT2D eigenvalue weighted by atomic mass is 16.2. The molecule has 0 fully saturated rings. The Morgan fingerprint density at radius 1 is 1.03 bits per heavy atom. The number of amides is 1. The predicted octanol–water partition coefficient (Wildman–Crippen LogP) is 2.10. The van der Waals surface area contributed by atoms with Crippen LogP contribution in [-0.4, -0.2) is 39.5 Å². The minimum atomic E-state index is -0.309. The van der Waals surface area contributed by atoms with Gasteiger partial charge in [-0.1, -0.05) is 0 Å². The standard InChI is InChI=1S/C20H23N7O2/c1-13-10-19(29)27(12-21-13)11-18(28)23-15-5-7-16(8-6-15)24-20-22-14(2)9-17(25-20)26(3)4/h5-10,12H,11H2,1-4H3,(H,23,28)(H,22,24,25). The van der Waals surface area contributed by atoms with Gasteiger partial charge < -0.3 is 15.5 Å². The quantitative estimate of drug-likeness (QED) is 0.661. The van der Waals surface area contributed by atoms with Gasteiger partial charge in [0.05, 0.1) is 6.33 Å². The molecule has 0 spiro atoms. The van der Waals surface area contributed by atoms with Crippen molar-refractivity contribution in [3.63, 3.8) is 0 Å². The van der Waals surface area contributed by atoms with Crippen molar-refractivity contribution < 1.29 is 4.79 Å². The minimum absolute atomic E-state index is 0.101. The summed E-state index contributed by atoms with van der Waals surface area (Å²) >= 11 is 0. The van der Waals surface area contributed by atoms with Crippen molar-refractivity contribution >= 4 is 29.0 Å². The summed E-state index contributed by atoms with van der Waals surface area (Å²) in [4.78, 5) is 38.8. The van der Waals surface area contributed by atoms with Crippen molar-refractivity contribution in [1.82, 2.24) is 19.5 Å². The highest BCUT2D eigenvalue weighted by molar-refractivity contribution is 5.90. The van der Waals surface area contributed by atoms with E-state index in [2.05, 4.69) is 25.6 Å². The molecule has 2 heterocycles. The van der Waals surface area contributed by atoms with Gasteiger partial charge in [0, 0.05) is 49.0 Å². The first kappa shape index (κ1) is 20.0. The summed E-state index contributed by atoms with van der Waals surface area (Å²) < 4.78 is 1.26. The number of carbonyl (C=O) groups excluding carboxylic acids is 1. The molecule has 0 radical (unpaired) electrons. The van der Waals surface area contributed by atoms with Gasteiger partial charge >= 0.3 is 0 Å². The van der Waals surface area contributed by atoms with E-state index in [4.69, 9.17) is 0 Å². The van der Waals surface area contributed by atoms with Gasteiger partial charge in [-0.05, 0) is 38.1 Å². The van der Waals surface area contributed by atoms with Crippen LogP contribution in [0.5, 0.6) is 0 Å². The van der Waals surface area contributed by atoms with Crippen molar-refractivity contribution in [3.05, 3.63) is 64.5 Å². The number of hydrogen-bond donors (Lipinski definition) is 2. The monoisotopic (exact) mass is 393 g/mol. The molecule has 1 amide bonds. The molecule has 0 atom stereocenters. The lowest BCUT2D eigenvalue weighted by Crippen LogP contribution is -2.27. The smallest absolute Gasteiger partial charge is 0.253 e. The third-order valence-corrected chi connectivity index (χ3v) is 4.05. The van der Waals surface area contributed by atoms with Crippen LogP contribution in [-0.2, 0) is 11.3 Å². The summed E-state index contributed by atoms with van der Waals surface area (Å²) in [6, 6.07) is 10.5. The number of hydrogen-bond acceptors (Lipinski definition) is 7. The highest BCUT2D eigenvalue weighted by Crippen LogP contribution is 2.19. The molecule has 29 heavy (non-hydrogen) atoms. The van der Waals surface area contributed by atoms with Crippen molar-refractivity contribution in [1.29, 1.82) is 0 Å². The van der Waals surface area contributed by atoms with E-state index in [0.29, 0.717) is 17.3 Å². The average Bonchev–Trinajstić information content (AvgIpc) is 2.65. The molecule has 1 aromatic carbocycles. The van der Waals surface area contributed by atoms with Crippen molar-refractivity contribution in [3.8, 4) is 0 Å². The zero-order valence-corrected chi connectivity index (χ0v) is 16.8. The van der Waals surface area contributed by atoms with Crippen LogP contribution in [0.2, 0.25) is 0 Å². The normalized spacial score (nSPS) is 10.5. The number of anilines is 4. The fourth-order valence-corrected chi connectivity index (χ4v) is 2.59. The molecule has 3 rings (SSSR count). The number of carbonyl (C=O) groups is 1. The minimum Gasteiger partial charge on any atom is -0.363 e. The van der Waals surface area contributed by atoms with E-state index in [0.717, 1.165) is 17.2 Å². The van der Waals surface area contributed by atoms with Crippen LogP contribution >= 0.6 is 0 Å². The summed E-state index contributed by atoms with van der Waals surface area (Å²) in [5, 5.41) is 5.92. The van der Waals surface area contributed by atoms with Gasteiger partial charge in [0.15, 0.2) is 0 Å². The van der Waals surface area contributed by atoms with E-state index < -0.39 is 0 Å². The molecule has 9 heteroatoms. The van der Waals surface area contributed by atoms with Gasteiger partial charge in [0.1, 0.15) is 12.4 Å². The summed E-state index contributed by atoms with van der Waals surface area (Å²) in [6.07, 6.45) is 1.37. The summed E-state index contributed by atoms with van der Waals surface area (Å²) in [7, 11) is 3.84. The molecule has 150 valence electrons. The van der Waals surface area contributed by atoms with E-state index >= 15 is 0 Å². The van der Waals surface area contributed by atoms with Gasteiger partial charge in [-0.15, -0.1) is 0 Å². The first-order valence-corrected chi connectivity index (χ1v) is 9.03. The molecular weight excluding hydrogens is 370 g/mol. The maximum Gasteiger partial charge on any atom is 0.253 e. The third kappa shape index (κ3) is 5.38. The Bertz CT molecular complexity index is 1070. The Morgan fingerprint density at radius 3 is 2.38 bits per heavy atom. The van der Waals surface area contributed by atoms with Gasteiger partial charge in [-0.2, -0.15) is 4.98 Å². The molecule has 9 nitrogen and oxygen atoms in total. The largest absolute Gasteiger partial charge is 0.363 e. The second-order valence-corrected chi connectivity index (χ2v) is 6.83. The topological polar surface area (TPSA) is 105 Å². The van der Waals surface area contributed by atoms with Gasteiger partial charge in [-0.25, -0.2) is 9.97 Å². The van der Waals surface area contributed by atoms with Crippen LogP contribution in [0.1, 0.15) is 11.4 Å². The van der Waals surface area contributed by atoms with Crippen LogP contribution in [0.15, 0.2) is 47.5 Å². The Hall–Kier alpha value is -3.75. The Balaban J connectivity index is 1.64. The second-order valence-electron chi connectivity index (χ2n) is 6.83. The van der Waals surface area contributed by atoms with E-state index in [1.54, 1.807) is 19.1 Å². The maximum absolute atomic E-state index is 12.2. The molecule has 3 aromatic rings. The van der Waals surface area contributed by atoms with E-state index in [9.17, 15) is 9.59 Å². The van der Waals surface area contributed by atoms with E-state index in [-0.39, 0.29) is 18.0 Å². The molecule has 0 aliphatic carbocycles. The average molecular weight is 393 g/mol. The van der Waals surface area contributed by atoms with Crippen LogP contribution in [0.4, 0.5) is 23.1 Å². The van der Waals surface area contributed by atoms with Crippen molar-refractivity contribution in [2.75, 3.05) is 29.6 Å². The first-order chi connectivity index (χ1) is 13.8. The maximum atomic E-state index is 12.2. The zero-order chi connectivity index (χ0) is 21.0. The zero-order valence-electron chi connectivity index (χ0n) is 16.8. The Labute approximate surface area is 168 Å². The number of aryl methyl sites for hydroxylation is 2. The van der Waals surface area contributed by atoms with Crippen LogP contribution in [0.25, 0.3) is 0 Å².